The predicted octanol–water partition coefficient (Wildman–Crippen LogP) is 5.27. The van der Waals surface area contributed by atoms with Crippen molar-refractivity contribution >= 4 is 0 Å². The summed E-state index contributed by atoms with van der Waals surface area (Å²) in [5.74, 6) is 1.60. The van der Waals surface area contributed by atoms with Gasteiger partial charge in [-0.25, -0.2) is 0 Å². The van der Waals surface area contributed by atoms with Gasteiger partial charge in [0.25, 0.3) is 0 Å². The molecule has 0 aliphatic carbocycles. The van der Waals surface area contributed by atoms with Gasteiger partial charge in [0.15, 0.2) is 0 Å². The molecule has 0 bridgehead atoms. The van der Waals surface area contributed by atoms with E-state index in [0.29, 0.717) is 5.54 Å². The first-order valence-corrected chi connectivity index (χ1v) is 8.27. The molecule has 0 rings (SSSR count). The van der Waals surface area contributed by atoms with Gasteiger partial charge in [0, 0.05) is 12.8 Å². The zero-order valence-electron chi connectivity index (χ0n) is 14.6. The molecule has 0 aliphatic rings. The lowest BCUT2D eigenvalue weighted by Gasteiger charge is -2.52. The largest absolute Gasteiger partial charge is 0.319 e. The second-order valence-corrected chi connectivity index (χ2v) is 7.02. The first-order valence-electron chi connectivity index (χ1n) is 8.27. The summed E-state index contributed by atoms with van der Waals surface area (Å²) in [6, 6.07) is 0. The average molecular weight is 269 g/mol. The van der Waals surface area contributed by atoms with Crippen LogP contribution < -0.4 is 0 Å². The van der Waals surface area contributed by atoms with Crippen LogP contribution in [0, 0.1) is 11.8 Å². The van der Waals surface area contributed by atoms with Gasteiger partial charge in [-0.2, -0.15) is 0 Å². The van der Waals surface area contributed by atoms with Crippen LogP contribution in [0.2, 0.25) is 0 Å². The molecule has 1 heteroatoms. The minimum atomic E-state index is 0.342. The van der Waals surface area contributed by atoms with Crippen molar-refractivity contribution in [3.63, 3.8) is 0 Å². The van der Waals surface area contributed by atoms with E-state index in [1.165, 1.54) is 37.0 Å². The highest BCUT2D eigenvalue weighted by Crippen LogP contribution is 2.36. The van der Waals surface area contributed by atoms with Crippen LogP contribution in [0.5, 0.6) is 0 Å². The van der Waals surface area contributed by atoms with Crippen molar-refractivity contribution in [3.8, 4) is 0 Å². The van der Waals surface area contributed by atoms with E-state index in [9.17, 15) is 0 Å². The van der Waals surface area contributed by atoms with Gasteiger partial charge >= 0.3 is 0 Å². The SMILES string of the molecule is C=CCC(C)(CC(C)CC(C)C)[N+](CC)(CC)CC. The second-order valence-electron chi connectivity index (χ2n) is 7.02. The molecule has 0 aliphatic heterocycles. The lowest BCUT2D eigenvalue weighted by atomic mass is 9.80. The van der Waals surface area contributed by atoms with E-state index in [1.54, 1.807) is 0 Å². The summed E-state index contributed by atoms with van der Waals surface area (Å²) >= 11 is 0. The summed E-state index contributed by atoms with van der Waals surface area (Å²) in [5.41, 5.74) is 0.342. The topological polar surface area (TPSA) is 0 Å². The van der Waals surface area contributed by atoms with Gasteiger partial charge in [-0.3, -0.25) is 0 Å². The Morgan fingerprint density at radius 2 is 1.53 bits per heavy atom. The third-order valence-electron chi connectivity index (χ3n) is 5.21. The van der Waals surface area contributed by atoms with Crippen molar-refractivity contribution in [3.05, 3.63) is 12.7 Å². The first kappa shape index (κ1) is 18.7. The molecule has 19 heavy (non-hydrogen) atoms. The van der Waals surface area contributed by atoms with Crippen molar-refractivity contribution in [1.29, 1.82) is 0 Å². The van der Waals surface area contributed by atoms with Crippen LogP contribution in [0.3, 0.4) is 0 Å². The van der Waals surface area contributed by atoms with Gasteiger partial charge in [-0.1, -0.05) is 26.8 Å². The summed E-state index contributed by atoms with van der Waals surface area (Å²) in [4.78, 5) is 0. The number of hydrogen-bond acceptors (Lipinski definition) is 0. The molecule has 0 aromatic heterocycles. The molecule has 0 fully saturated rings. The number of quaternary nitrogens is 1. The minimum Gasteiger partial charge on any atom is -0.319 e. The van der Waals surface area contributed by atoms with Gasteiger partial charge in [-0.15, -0.1) is 6.58 Å². The highest BCUT2D eigenvalue weighted by atomic mass is 15.4. The standard InChI is InChI=1S/C18H38N/c1-9-13-18(8,15-17(7)14-16(5)6)19(10-2,11-3)12-4/h9,16-17H,1,10-15H2,2-8H3/q+1. The van der Waals surface area contributed by atoms with Crippen molar-refractivity contribution in [2.75, 3.05) is 19.6 Å². The maximum absolute atomic E-state index is 4.02. The summed E-state index contributed by atoms with van der Waals surface area (Å²) in [6.45, 7) is 24.3. The Labute approximate surface area is 122 Å². The fourth-order valence-electron chi connectivity index (χ4n) is 4.24. The quantitative estimate of drug-likeness (QED) is 0.374. The van der Waals surface area contributed by atoms with Crippen molar-refractivity contribution < 1.29 is 4.48 Å². The van der Waals surface area contributed by atoms with E-state index >= 15 is 0 Å². The third-order valence-corrected chi connectivity index (χ3v) is 5.21. The van der Waals surface area contributed by atoms with Gasteiger partial charge in [0.05, 0.1) is 19.6 Å². The fraction of sp³-hybridized carbons (Fsp3) is 0.889. The molecule has 2 unspecified atom stereocenters. The Kier molecular flexibility index (Phi) is 7.96. The molecule has 0 saturated carbocycles. The molecule has 2 atom stereocenters. The lowest BCUT2D eigenvalue weighted by molar-refractivity contribution is -0.970. The molecule has 0 aromatic carbocycles. The Bertz CT molecular complexity index is 244. The van der Waals surface area contributed by atoms with Crippen molar-refractivity contribution in [2.45, 2.75) is 73.3 Å². The minimum absolute atomic E-state index is 0.342. The molecule has 1 nitrogen and oxygen atoms in total. The van der Waals surface area contributed by atoms with Gasteiger partial charge in [-0.05, 0) is 46.0 Å². The number of rotatable bonds is 10. The van der Waals surface area contributed by atoms with Crippen LogP contribution in [0.25, 0.3) is 0 Å². The summed E-state index contributed by atoms with van der Waals surface area (Å²) in [7, 11) is 0. The van der Waals surface area contributed by atoms with Gasteiger partial charge < -0.3 is 4.48 Å². The molecule has 0 heterocycles. The molecular formula is C18H38N+. The molecule has 0 radical (unpaired) electrons. The Morgan fingerprint density at radius 3 is 1.84 bits per heavy atom. The Hall–Kier alpha value is -0.300. The highest BCUT2D eigenvalue weighted by molar-refractivity contribution is 4.87. The maximum atomic E-state index is 4.02. The maximum Gasteiger partial charge on any atom is 0.100 e. The summed E-state index contributed by atoms with van der Waals surface area (Å²) < 4.78 is 1.22. The zero-order valence-corrected chi connectivity index (χ0v) is 14.6. The van der Waals surface area contributed by atoms with E-state index in [4.69, 9.17) is 0 Å². The number of nitrogens with zero attached hydrogens (tertiary/aromatic N) is 1. The average Bonchev–Trinajstić information content (AvgIpc) is 2.30. The fourth-order valence-corrected chi connectivity index (χ4v) is 4.24. The van der Waals surface area contributed by atoms with Crippen LogP contribution in [-0.4, -0.2) is 29.7 Å². The van der Waals surface area contributed by atoms with E-state index in [1.807, 2.05) is 0 Å². The number of hydrogen-bond donors (Lipinski definition) is 0. The van der Waals surface area contributed by atoms with E-state index in [0.717, 1.165) is 18.3 Å². The summed E-state index contributed by atoms with van der Waals surface area (Å²) in [6.07, 6.45) is 5.91. The van der Waals surface area contributed by atoms with Crippen LogP contribution in [0.1, 0.15) is 67.7 Å². The molecule has 0 aromatic rings. The van der Waals surface area contributed by atoms with Crippen LogP contribution in [0.15, 0.2) is 12.7 Å². The van der Waals surface area contributed by atoms with Gasteiger partial charge in [0.1, 0.15) is 5.54 Å². The third kappa shape index (κ3) is 4.63. The molecule has 0 N–H and O–H groups in total. The van der Waals surface area contributed by atoms with Crippen molar-refractivity contribution in [1.82, 2.24) is 0 Å². The van der Waals surface area contributed by atoms with E-state index < -0.39 is 0 Å². The zero-order chi connectivity index (χ0) is 15.1. The van der Waals surface area contributed by atoms with Crippen LogP contribution >= 0.6 is 0 Å². The van der Waals surface area contributed by atoms with Crippen LogP contribution in [-0.2, 0) is 0 Å². The normalized spacial score (nSPS) is 17.3. The molecule has 0 amide bonds. The monoisotopic (exact) mass is 268 g/mol. The molecular weight excluding hydrogens is 230 g/mol. The smallest absolute Gasteiger partial charge is 0.100 e. The Morgan fingerprint density at radius 1 is 1.05 bits per heavy atom. The Balaban J connectivity index is 5.16. The lowest BCUT2D eigenvalue weighted by Crippen LogP contribution is -2.63. The molecule has 0 saturated heterocycles. The van der Waals surface area contributed by atoms with Crippen LogP contribution in [0.4, 0.5) is 0 Å². The van der Waals surface area contributed by atoms with Gasteiger partial charge in [0.2, 0.25) is 0 Å². The second kappa shape index (κ2) is 8.09. The predicted molar refractivity (Wildman–Crippen MR) is 88.3 cm³/mol. The highest BCUT2D eigenvalue weighted by Gasteiger charge is 2.43. The van der Waals surface area contributed by atoms with Crippen molar-refractivity contribution in [2.24, 2.45) is 11.8 Å². The van der Waals surface area contributed by atoms with E-state index in [-0.39, 0.29) is 0 Å². The first-order chi connectivity index (χ1) is 8.80. The molecule has 0 spiro atoms. The van der Waals surface area contributed by atoms with E-state index in [2.05, 4.69) is 61.1 Å². The molecule has 114 valence electrons. The summed E-state index contributed by atoms with van der Waals surface area (Å²) in [5, 5.41) is 0.